The first-order valence-corrected chi connectivity index (χ1v) is 9.09. The number of hydroxylamine groups is 2. The number of aryl methyl sites for hydroxylation is 2. The zero-order valence-electron chi connectivity index (χ0n) is 16.8. The van der Waals surface area contributed by atoms with E-state index in [0.29, 0.717) is 28.1 Å². The third-order valence-corrected chi connectivity index (χ3v) is 5.04. The van der Waals surface area contributed by atoms with Gasteiger partial charge < -0.3 is 4.74 Å². The molecule has 0 bridgehead atoms. The third-order valence-electron chi connectivity index (χ3n) is 5.04. The predicted molar refractivity (Wildman–Crippen MR) is 103 cm³/mol. The Morgan fingerprint density at radius 3 is 2.60 bits per heavy atom. The smallest absolute Gasteiger partial charge is 0.325 e. The predicted octanol–water partition coefficient (Wildman–Crippen LogP) is 0.520. The quantitative estimate of drug-likeness (QED) is 0.564. The molecule has 1 aromatic carbocycles. The number of ether oxygens (including phenoxy) is 1. The second kappa shape index (κ2) is 6.89. The molecular weight excluding hydrogens is 390 g/mol. The lowest BCUT2D eigenvalue weighted by Gasteiger charge is -2.25. The van der Waals surface area contributed by atoms with Gasteiger partial charge >= 0.3 is 11.8 Å². The number of carbonyl (C=O) groups excluding carboxylic acids is 3. The Balaban J connectivity index is 1.68. The average molecular weight is 409 g/mol. The third kappa shape index (κ3) is 3.05. The number of methoxy groups -OCH3 is 1. The van der Waals surface area contributed by atoms with Gasteiger partial charge in [-0.15, -0.1) is 0 Å². The number of carbonyl (C=O) groups is 3. The molecule has 0 radical (unpaired) electrons. The van der Waals surface area contributed by atoms with Gasteiger partial charge in [0.25, 0.3) is 11.8 Å². The van der Waals surface area contributed by atoms with Crippen molar-refractivity contribution in [2.45, 2.75) is 26.1 Å². The van der Waals surface area contributed by atoms with Crippen LogP contribution in [-0.4, -0.2) is 45.5 Å². The lowest BCUT2D eigenvalue weighted by atomic mass is 10.1. The van der Waals surface area contributed by atoms with Crippen molar-refractivity contribution in [3.8, 4) is 17.6 Å². The fraction of sp³-hybridized carbons (Fsp3) is 0.300. The highest BCUT2D eigenvalue weighted by Crippen LogP contribution is 2.29. The summed E-state index contributed by atoms with van der Waals surface area (Å²) in [5.41, 5.74) is 1.10. The molecule has 0 spiro atoms. The van der Waals surface area contributed by atoms with Crippen LogP contribution in [-0.2, 0) is 23.2 Å². The molecule has 2 N–H and O–H groups in total. The van der Waals surface area contributed by atoms with Gasteiger partial charge in [0.1, 0.15) is 5.75 Å². The Morgan fingerprint density at radius 1 is 1.23 bits per heavy atom. The number of rotatable bonds is 3. The van der Waals surface area contributed by atoms with Crippen LogP contribution in [0.2, 0.25) is 0 Å². The maximum Gasteiger partial charge on any atom is 0.325 e. The van der Waals surface area contributed by atoms with Crippen LogP contribution >= 0.6 is 0 Å². The number of imide groups is 1. The summed E-state index contributed by atoms with van der Waals surface area (Å²) < 4.78 is 6.82. The molecule has 10 nitrogen and oxygen atoms in total. The van der Waals surface area contributed by atoms with E-state index in [4.69, 9.17) is 9.57 Å². The van der Waals surface area contributed by atoms with Gasteiger partial charge in [0.15, 0.2) is 0 Å². The molecule has 2 aromatic rings. The normalized spacial score (nSPS) is 19.9. The van der Waals surface area contributed by atoms with Crippen molar-refractivity contribution in [1.29, 1.82) is 0 Å². The van der Waals surface area contributed by atoms with Crippen molar-refractivity contribution >= 4 is 17.8 Å². The summed E-state index contributed by atoms with van der Waals surface area (Å²) in [4.78, 5) is 42.9. The molecule has 1 saturated heterocycles. The maximum atomic E-state index is 12.8. The van der Waals surface area contributed by atoms with Crippen LogP contribution in [0.25, 0.3) is 0 Å². The monoisotopic (exact) mass is 409 g/mol. The summed E-state index contributed by atoms with van der Waals surface area (Å²) in [7, 11) is 3.28. The summed E-state index contributed by atoms with van der Waals surface area (Å²) in [5, 5.41) is 9.79. The number of amides is 4. The highest BCUT2D eigenvalue weighted by Gasteiger charge is 2.50. The standard InChI is InChI=1S/C20H19N5O5/c1-11-15(12(2)24(3)23-11)7-8-20(18(27)21-19(28)22-20)30-25-10-13-5-6-14(29-4)9-16(13)17(25)26/h5-6,9H,10H2,1-4H3,(H2,21,22,27,28)/t20-/m1/s1. The fourth-order valence-electron chi connectivity index (χ4n) is 3.34. The number of fused-ring (bicyclic) bond motifs is 1. The Hall–Kier alpha value is -3.84. The van der Waals surface area contributed by atoms with E-state index in [0.717, 1.165) is 10.8 Å². The van der Waals surface area contributed by atoms with Crippen LogP contribution in [0, 0.1) is 25.7 Å². The molecular formula is C20H19N5O5. The minimum Gasteiger partial charge on any atom is -0.497 e. The van der Waals surface area contributed by atoms with E-state index in [1.807, 2.05) is 6.92 Å². The van der Waals surface area contributed by atoms with E-state index in [1.54, 1.807) is 36.9 Å². The van der Waals surface area contributed by atoms with E-state index in [9.17, 15) is 14.4 Å². The molecule has 3 heterocycles. The molecule has 4 amide bonds. The van der Waals surface area contributed by atoms with Gasteiger partial charge in [-0.05, 0) is 37.5 Å². The molecule has 30 heavy (non-hydrogen) atoms. The van der Waals surface area contributed by atoms with Crippen LogP contribution in [0.3, 0.4) is 0 Å². The van der Waals surface area contributed by atoms with Crippen molar-refractivity contribution in [3.63, 3.8) is 0 Å². The van der Waals surface area contributed by atoms with E-state index >= 15 is 0 Å². The number of nitrogens with zero attached hydrogens (tertiary/aromatic N) is 3. The Bertz CT molecular complexity index is 1160. The first-order chi connectivity index (χ1) is 14.2. The van der Waals surface area contributed by atoms with E-state index in [2.05, 4.69) is 27.6 Å². The molecule has 2 aliphatic rings. The topological polar surface area (TPSA) is 115 Å². The lowest BCUT2D eigenvalue weighted by Crippen LogP contribution is -2.52. The Morgan fingerprint density at radius 2 is 2.00 bits per heavy atom. The highest BCUT2D eigenvalue weighted by atomic mass is 16.7. The van der Waals surface area contributed by atoms with Crippen LogP contribution in [0.4, 0.5) is 4.79 Å². The minimum atomic E-state index is -2.05. The van der Waals surface area contributed by atoms with Crippen LogP contribution in [0.15, 0.2) is 18.2 Å². The Labute approximate surface area is 172 Å². The molecule has 0 saturated carbocycles. The fourth-order valence-corrected chi connectivity index (χ4v) is 3.34. The van der Waals surface area contributed by atoms with Gasteiger partial charge in [0, 0.05) is 7.05 Å². The molecule has 1 atom stereocenters. The number of aromatic nitrogens is 2. The lowest BCUT2D eigenvalue weighted by molar-refractivity contribution is -0.200. The molecule has 10 heteroatoms. The van der Waals surface area contributed by atoms with Crippen LogP contribution < -0.4 is 15.4 Å². The highest BCUT2D eigenvalue weighted by molar-refractivity contribution is 6.08. The Kier molecular flexibility index (Phi) is 4.47. The maximum absolute atomic E-state index is 12.8. The minimum absolute atomic E-state index is 0.0929. The summed E-state index contributed by atoms with van der Waals surface area (Å²) in [6, 6.07) is 4.29. The first-order valence-electron chi connectivity index (χ1n) is 9.09. The molecule has 0 unspecified atom stereocenters. The largest absolute Gasteiger partial charge is 0.497 e. The number of nitrogens with one attached hydrogen (secondary N) is 2. The molecule has 2 aliphatic heterocycles. The summed E-state index contributed by atoms with van der Waals surface area (Å²) >= 11 is 0. The van der Waals surface area contributed by atoms with Gasteiger partial charge in [-0.3, -0.25) is 24.9 Å². The number of hydrogen-bond acceptors (Lipinski definition) is 6. The number of urea groups is 1. The van der Waals surface area contributed by atoms with Gasteiger partial charge in [0.2, 0.25) is 0 Å². The van der Waals surface area contributed by atoms with Crippen molar-refractivity contribution < 1.29 is 24.0 Å². The van der Waals surface area contributed by atoms with Crippen LogP contribution in [0.5, 0.6) is 5.75 Å². The first kappa shape index (κ1) is 19.5. The zero-order valence-corrected chi connectivity index (χ0v) is 16.8. The molecule has 154 valence electrons. The second-order valence-electron chi connectivity index (χ2n) is 6.96. The van der Waals surface area contributed by atoms with Crippen molar-refractivity contribution in [1.82, 2.24) is 25.5 Å². The molecule has 4 rings (SSSR count). The molecule has 1 fully saturated rings. The molecule has 0 aliphatic carbocycles. The zero-order chi connectivity index (χ0) is 21.6. The summed E-state index contributed by atoms with van der Waals surface area (Å²) in [5.74, 6) is 4.82. The van der Waals surface area contributed by atoms with E-state index in [-0.39, 0.29) is 6.54 Å². The van der Waals surface area contributed by atoms with E-state index < -0.39 is 23.6 Å². The average Bonchev–Trinajstić information content (AvgIpc) is 3.25. The second-order valence-corrected chi connectivity index (χ2v) is 6.96. The van der Waals surface area contributed by atoms with Gasteiger partial charge in [-0.1, -0.05) is 12.0 Å². The van der Waals surface area contributed by atoms with Gasteiger partial charge in [-0.2, -0.15) is 5.10 Å². The van der Waals surface area contributed by atoms with Crippen molar-refractivity contribution in [2.75, 3.05) is 7.11 Å². The van der Waals surface area contributed by atoms with Gasteiger partial charge in [-0.25, -0.2) is 14.7 Å². The van der Waals surface area contributed by atoms with Crippen molar-refractivity contribution in [3.05, 3.63) is 46.3 Å². The number of benzene rings is 1. The number of hydrogen-bond donors (Lipinski definition) is 2. The SMILES string of the molecule is COc1ccc2c(c1)C(=O)N(O[C@@]1(C#Cc3c(C)nn(C)c3C)NC(=O)NC1=O)C2. The summed E-state index contributed by atoms with van der Waals surface area (Å²) in [6.07, 6.45) is 0. The van der Waals surface area contributed by atoms with Crippen LogP contribution in [0.1, 0.15) is 32.9 Å². The summed E-state index contributed by atoms with van der Waals surface area (Å²) in [6.45, 7) is 3.71. The molecule has 1 aromatic heterocycles. The van der Waals surface area contributed by atoms with E-state index in [1.165, 1.54) is 7.11 Å². The van der Waals surface area contributed by atoms with Gasteiger partial charge in [0.05, 0.1) is 36.2 Å². The van der Waals surface area contributed by atoms with Crippen molar-refractivity contribution in [2.24, 2.45) is 7.05 Å².